The van der Waals surface area contributed by atoms with Crippen LogP contribution >= 0.6 is 38.6 Å². The summed E-state index contributed by atoms with van der Waals surface area (Å²) in [4.78, 5) is 32.6. The van der Waals surface area contributed by atoms with E-state index in [0.717, 1.165) is 16.8 Å². The number of nitrogens with two attached hydrogens (primary N) is 1. The van der Waals surface area contributed by atoms with E-state index in [1.807, 2.05) is 5.38 Å². The van der Waals surface area contributed by atoms with E-state index < -0.39 is 18.1 Å². The fraction of sp³-hybridized carbons (Fsp3) is 0.500. The van der Waals surface area contributed by atoms with Gasteiger partial charge in [0.05, 0.1) is 11.1 Å². The van der Waals surface area contributed by atoms with Crippen molar-refractivity contribution in [1.82, 2.24) is 20.6 Å². The second-order valence-corrected chi connectivity index (χ2v) is 8.36. The number of halogens is 1. The van der Waals surface area contributed by atoms with Gasteiger partial charge in [0.1, 0.15) is 22.4 Å². The molecule has 0 saturated carbocycles. The number of carbonyl (C=O) groups is 2. The topological polar surface area (TPSA) is 130 Å². The zero-order valence-corrected chi connectivity index (χ0v) is 18.0. The summed E-state index contributed by atoms with van der Waals surface area (Å²) in [5.74, 6) is -0.580. The summed E-state index contributed by atoms with van der Waals surface area (Å²) < 4.78 is 0. The van der Waals surface area contributed by atoms with Gasteiger partial charge in [0.2, 0.25) is 5.91 Å². The maximum Gasteiger partial charge on any atom is 0.270 e. The average molecular weight is 476 g/mol. The molecule has 2 amide bonds. The summed E-state index contributed by atoms with van der Waals surface area (Å²) in [6.45, 7) is 2.45. The number of hydrogen-bond acceptors (Lipinski definition) is 8. The van der Waals surface area contributed by atoms with Crippen LogP contribution in [0.1, 0.15) is 28.8 Å². The van der Waals surface area contributed by atoms with Crippen molar-refractivity contribution in [2.75, 3.05) is 18.4 Å². The molecular weight excluding hydrogens is 454 g/mol. The van der Waals surface area contributed by atoms with Crippen molar-refractivity contribution in [1.29, 1.82) is 0 Å². The number of aliphatic hydroxyl groups excluding tert-OH is 1. The molecule has 2 aromatic rings. The molecule has 2 aromatic heterocycles. The first-order valence-electron chi connectivity index (χ1n) is 8.38. The molecule has 11 heteroatoms. The number of thiazole rings is 2. The molecule has 5 N–H and O–H groups in total. The normalized spacial score (nSPS) is 13.2. The van der Waals surface area contributed by atoms with Gasteiger partial charge in [-0.25, -0.2) is 9.97 Å². The highest BCUT2D eigenvalue weighted by Gasteiger charge is 2.18. The Morgan fingerprint density at radius 3 is 2.74 bits per heavy atom. The number of nitrogens with zero attached hydrogens (tertiary/aromatic N) is 2. The molecule has 0 aliphatic carbocycles. The molecule has 2 unspecified atom stereocenters. The molecule has 0 aliphatic heterocycles. The summed E-state index contributed by atoms with van der Waals surface area (Å²) in [5, 5.41) is 20.8. The molecular formula is C16H22BrN5O3S2. The van der Waals surface area contributed by atoms with E-state index in [1.165, 1.54) is 29.6 Å². The van der Waals surface area contributed by atoms with Crippen LogP contribution in [-0.4, -0.2) is 57.5 Å². The van der Waals surface area contributed by atoms with E-state index in [1.54, 1.807) is 5.38 Å². The van der Waals surface area contributed by atoms with Gasteiger partial charge < -0.3 is 21.5 Å². The number of nitrogens with one attached hydrogen (secondary N) is 2. The highest BCUT2D eigenvalue weighted by atomic mass is 79.9. The molecule has 0 fully saturated rings. The summed E-state index contributed by atoms with van der Waals surface area (Å²) in [6, 6.07) is -0.939. The Morgan fingerprint density at radius 1 is 1.26 bits per heavy atom. The second kappa shape index (κ2) is 10.8. The molecule has 2 rings (SSSR count). The van der Waals surface area contributed by atoms with Crippen LogP contribution in [0, 0.1) is 0 Å². The van der Waals surface area contributed by atoms with Gasteiger partial charge in [-0.2, -0.15) is 0 Å². The molecule has 0 aliphatic rings. The smallest absolute Gasteiger partial charge is 0.270 e. The lowest BCUT2D eigenvalue weighted by Gasteiger charge is -2.13. The van der Waals surface area contributed by atoms with Crippen LogP contribution in [0.4, 0.5) is 0 Å². The number of aliphatic hydroxyl groups is 1. The zero-order chi connectivity index (χ0) is 19.8. The Balaban J connectivity index is 1.87. The quantitative estimate of drug-likeness (QED) is 0.301. The Hall–Kier alpha value is -1.40. The molecule has 2 atom stereocenters. The van der Waals surface area contributed by atoms with Crippen molar-refractivity contribution in [2.45, 2.75) is 31.9 Å². The van der Waals surface area contributed by atoms with Crippen LogP contribution in [0.15, 0.2) is 10.8 Å². The fourth-order valence-electron chi connectivity index (χ4n) is 2.01. The molecule has 0 aromatic carbocycles. The van der Waals surface area contributed by atoms with Crippen LogP contribution < -0.4 is 16.4 Å². The Labute approximate surface area is 173 Å². The van der Waals surface area contributed by atoms with E-state index in [4.69, 9.17) is 5.73 Å². The zero-order valence-electron chi connectivity index (χ0n) is 14.8. The number of aromatic nitrogens is 2. The SMILES string of the molecule is CC(O)C(N)C(=O)NCCc1nc(-c2nc(C(=O)NCCCBr)cs2)cs1. The lowest BCUT2D eigenvalue weighted by molar-refractivity contribution is -0.124. The van der Waals surface area contributed by atoms with Gasteiger partial charge in [-0.3, -0.25) is 9.59 Å². The summed E-state index contributed by atoms with van der Waals surface area (Å²) in [5.41, 5.74) is 6.67. The van der Waals surface area contributed by atoms with Gasteiger partial charge in [-0.05, 0) is 13.3 Å². The molecule has 2 heterocycles. The van der Waals surface area contributed by atoms with Gasteiger partial charge in [0.25, 0.3) is 5.91 Å². The largest absolute Gasteiger partial charge is 0.391 e. The third-order valence-corrected chi connectivity index (χ3v) is 5.90. The molecule has 0 radical (unpaired) electrons. The minimum Gasteiger partial charge on any atom is -0.391 e. The Kier molecular flexibility index (Phi) is 8.77. The van der Waals surface area contributed by atoms with Crippen molar-refractivity contribution in [3.05, 3.63) is 21.5 Å². The molecule has 0 spiro atoms. The molecule has 148 valence electrons. The first-order chi connectivity index (χ1) is 12.9. The molecule has 0 saturated heterocycles. The predicted molar refractivity (Wildman–Crippen MR) is 110 cm³/mol. The standard InChI is InChI=1S/C16H22BrN5O3S2/c1-9(23)13(18)15(25)20-6-3-12-21-11(8-26-12)16-22-10(7-27-16)14(24)19-5-2-4-17/h7-9,13,23H,2-6,18H2,1H3,(H,19,24)(H,20,25). The van der Waals surface area contributed by atoms with Gasteiger partial charge in [-0.1, -0.05) is 15.9 Å². The number of alkyl halides is 1. The second-order valence-electron chi connectivity index (χ2n) is 5.77. The first kappa shape index (κ1) is 21.9. The number of amides is 2. The fourth-order valence-corrected chi connectivity index (χ4v) is 3.91. The average Bonchev–Trinajstić information content (AvgIpc) is 3.30. The van der Waals surface area contributed by atoms with Crippen molar-refractivity contribution in [2.24, 2.45) is 5.73 Å². The van der Waals surface area contributed by atoms with Crippen molar-refractivity contribution in [3.8, 4) is 10.7 Å². The number of rotatable bonds is 10. The third-order valence-electron chi connectivity index (χ3n) is 3.56. The number of hydrogen-bond donors (Lipinski definition) is 4. The third kappa shape index (κ3) is 6.61. The van der Waals surface area contributed by atoms with Gasteiger partial charge in [0.15, 0.2) is 0 Å². The van der Waals surface area contributed by atoms with E-state index in [9.17, 15) is 14.7 Å². The summed E-state index contributed by atoms with van der Waals surface area (Å²) in [6.07, 6.45) is 0.512. The van der Waals surface area contributed by atoms with Gasteiger partial charge in [-0.15, -0.1) is 22.7 Å². The van der Waals surface area contributed by atoms with Crippen molar-refractivity contribution >= 4 is 50.4 Å². The minimum absolute atomic E-state index is 0.189. The van der Waals surface area contributed by atoms with Crippen LogP contribution in [-0.2, 0) is 11.2 Å². The van der Waals surface area contributed by atoms with Crippen LogP contribution in [0.25, 0.3) is 10.7 Å². The van der Waals surface area contributed by atoms with Crippen LogP contribution in [0.5, 0.6) is 0 Å². The Morgan fingerprint density at radius 2 is 2.04 bits per heavy atom. The molecule has 8 nitrogen and oxygen atoms in total. The lowest BCUT2D eigenvalue weighted by Crippen LogP contribution is -2.47. The van der Waals surface area contributed by atoms with Crippen molar-refractivity contribution < 1.29 is 14.7 Å². The van der Waals surface area contributed by atoms with Gasteiger partial charge in [0, 0.05) is 35.6 Å². The first-order valence-corrected chi connectivity index (χ1v) is 11.3. The molecule has 27 heavy (non-hydrogen) atoms. The lowest BCUT2D eigenvalue weighted by atomic mass is 10.2. The number of carbonyl (C=O) groups excluding carboxylic acids is 2. The van der Waals surface area contributed by atoms with E-state index in [0.29, 0.717) is 35.9 Å². The predicted octanol–water partition coefficient (Wildman–Crippen LogP) is 1.15. The van der Waals surface area contributed by atoms with Crippen LogP contribution in [0.3, 0.4) is 0 Å². The van der Waals surface area contributed by atoms with Crippen molar-refractivity contribution in [3.63, 3.8) is 0 Å². The maximum absolute atomic E-state index is 12.0. The summed E-state index contributed by atoms with van der Waals surface area (Å²) in [7, 11) is 0. The Bertz CT molecular complexity index is 765. The van der Waals surface area contributed by atoms with Crippen LogP contribution in [0.2, 0.25) is 0 Å². The van der Waals surface area contributed by atoms with Gasteiger partial charge >= 0.3 is 0 Å². The van der Waals surface area contributed by atoms with E-state index >= 15 is 0 Å². The van der Waals surface area contributed by atoms with E-state index in [2.05, 4.69) is 36.5 Å². The highest BCUT2D eigenvalue weighted by molar-refractivity contribution is 9.09. The minimum atomic E-state index is -0.939. The monoisotopic (exact) mass is 475 g/mol. The maximum atomic E-state index is 12.0. The molecule has 0 bridgehead atoms. The highest BCUT2D eigenvalue weighted by Crippen LogP contribution is 2.25. The van der Waals surface area contributed by atoms with E-state index in [-0.39, 0.29) is 5.91 Å². The summed E-state index contributed by atoms with van der Waals surface area (Å²) >= 11 is 6.15.